The molecule has 0 spiro atoms. The zero-order valence-electron chi connectivity index (χ0n) is 26.7. The molecule has 0 unspecified atom stereocenters. The fourth-order valence-corrected chi connectivity index (χ4v) is 5.83. The van der Waals surface area contributed by atoms with Crippen molar-refractivity contribution in [2.24, 2.45) is 10.2 Å². The number of hydrogen-bond acceptors (Lipinski definition) is 6. The summed E-state index contributed by atoms with van der Waals surface area (Å²) in [6.07, 6.45) is 0. The van der Waals surface area contributed by atoms with E-state index in [1.54, 1.807) is 62.4 Å². The minimum atomic E-state index is -0.389. The van der Waals surface area contributed by atoms with E-state index in [2.05, 4.69) is 20.8 Å². The van der Waals surface area contributed by atoms with Gasteiger partial charge in [-0.3, -0.25) is 19.2 Å². The van der Waals surface area contributed by atoms with Crippen LogP contribution in [0.2, 0.25) is 0 Å². The lowest BCUT2D eigenvalue weighted by Gasteiger charge is -2.14. The van der Waals surface area contributed by atoms with E-state index in [0.717, 1.165) is 11.1 Å². The molecule has 0 atom stereocenters. The van der Waals surface area contributed by atoms with Crippen molar-refractivity contribution < 1.29 is 19.2 Å². The Kier molecular flexibility index (Phi) is 7.40. The lowest BCUT2D eigenvalue weighted by molar-refractivity contribution is 0.0984. The van der Waals surface area contributed by atoms with Gasteiger partial charge in [-0.25, -0.2) is 0 Å². The number of carbonyl (C=O) groups is 4. The molecule has 0 saturated carbocycles. The second kappa shape index (κ2) is 11.7. The molecule has 2 N–H and O–H groups in total. The summed E-state index contributed by atoms with van der Waals surface area (Å²) in [6, 6.07) is 28.3. The summed E-state index contributed by atoms with van der Waals surface area (Å²) in [5, 5.41) is 18.3. The molecule has 5 aromatic rings. The quantitative estimate of drug-likeness (QED) is 0.245. The first-order valence-electron chi connectivity index (χ1n) is 15.3. The first kappa shape index (κ1) is 30.2. The summed E-state index contributed by atoms with van der Waals surface area (Å²) in [5.74, 6) is -1.42. The number of amides is 4. The molecule has 4 amide bonds. The van der Waals surface area contributed by atoms with Crippen LogP contribution in [0.15, 0.2) is 107 Å². The maximum absolute atomic E-state index is 13.8. The minimum Gasteiger partial charge on any atom is -0.322 e. The van der Waals surface area contributed by atoms with E-state index in [0.29, 0.717) is 66.8 Å². The molecule has 2 heterocycles. The van der Waals surface area contributed by atoms with Crippen molar-refractivity contribution in [2.45, 2.75) is 27.7 Å². The predicted molar refractivity (Wildman–Crippen MR) is 183 cm³/mol. The molecule has 2 aliphatic heterocycles. The van der Waals surface area contributed by atoms with Gasteiger partial charge in [-0.15, -0.1) is 0 Å². The van der Waals surface area contributed by atoms with Crippen LogP contribution < -0.4 is 31.4 Å². The molecule has 0 bridgehead atoms. The van der Waals surface area contributed by atoms with Gasteiger partial charge in [0, 0.05) is 22.5 Å². The molecule has 0 aliphatic carbocycles. The van der Waals surface area contributed by atoms with Crippen LogP contribution in [0.5, 0.6) is 0 Å². The molecule has 236 valence electrons. The largest absolute Gasteiger partial charge is 0.322 e. The summed E-state index contributed by atoms with van der Waals surface area (Å²) in [5.41, 5.74) is 6.73. The van der Waals surface area contributed by atoms with Crippen LogP contribution in [0, 0.1) is 27.7 Å². The fourth-order valence-electron chi connectivity index (χ4n) is 5.83. The summed E-state index contributed by atoms with van der Waals surface area (Å²) in [4.78, 5) is 53.7. The van der Waals surface area contributed by atoms with Crippen molar-refractivity contribution in [3.63, 3.8) is 0 Å². The molecular formula is C38H30N6O4. The lowest BCUT2D eigenvalue weighted by Crippen LogP contribution is -2.29. The fraction of sp³-hybridized carbons (Fsp3) is 0.105. The highest BCUT2D eigenvalue weighted by Gasteiger charge is 2.36. The molecule has 2 aliphatic rings. The Balaban J connectivity index is 1.17. The van der Waals surface area contributed by atoms with Crippen LogP contribution in [0.3, 0.4) is 0 Å². The highest BCUT2D eigenvalue weighted by atomic mass is 16.2. The van der Waals surface area contributed by atoms with E-state index in [1.165, 1.54) is 10.0 Å². The third-order valence-corrected chi connectivity index (χ3v) is 8.47. The number of anilines is 4. The second-order valence-corrected chi connectivity index (χ2v) is 11.9. The van der Waals surface area contributed by atoms with Gasteiger partial charge in [-0.05, 0) is 99.5 Å². The van der Waals surface area contributed by atoms with Crippen molar-refractivity contribution in [2.75, 3.05) is 20.7 Å². The number of rotatable bonds is 6. The van der Waals surface area contributed by atoms with Crippen molar-refractivity contribution in [3.8, 4) is 0 Å². The van der Waals surface area contributed by atoms with E-state index in [-0.39, 0.29) is 23.6 Å². The highest BCUT2D eigenvalue weighted by molar-refractivity contribution is 6.13. The Hall–Kier alpha value is -6.42. The highest BCUT2D eigenvalue weighted by Crippen LogP contribution is 2.27. The van der Waals surface area contributed by atoms with Gasteiger partial charge in [-0.1, -0.05) is 47.5 Å². The topological polar surface area (TPSA) is 124 Å². The number of nitrogens with zero attached hydrogens (tertiary/aromatic N) is 4. The van der Waals surface area contributed by atoms with Crippen LogP contribution in [0.25, 0.3) is 0 Å². The number of hydrogen-bond donors (Lipinski definition) is 2. The van der Waals surface area contributed by atoms with Crippen LogP contribution in [0.4, 0.5) is 22.7 Å². The Morgan fingerprint density at radius 2 is 0.917 bits per heavy atom. The van der Waals surface area contributed by atoms with E-state index in [9.17, 15) is 19.2 Å². The Morgan fingerprint density at radius 3 is 1.29 bits per heavy atom. The average molecular weight is 635 g/mol. The summed E-state index contributed by atoms with van der Waals surface area (Å²) < 4.78 is 0. The summed E-state index contributed by atoms with van der Waals surface area (Å²) in [6.45, 7) is 7.42. The van der Waals surface area contributed by atoms with Gasteiger partial charge in [0.2, 0.25) is 0 Å². The zero-order chi connectivity index (χ0) is 33.7. The average Bonchev–Trinajstić information content (AvgIpc) is 3.63. The van der Waals surface area contributed by atoms with Gasteiger partial charge in [-0.2, -0.15) is 20.2 Å². The van der Waals surface area contributed by atoms with Crippen molar-refractivity contribution in [1.29, 1.82) is 0 Å². The number of fused-ring (bicyclic) bond motifs is 2. The third-order valence-electron chi connectivity index (χ3n) is 8.47. The van der Waals surface area contributed by atoms with Gasteiger partial charge in [0.05, 0.1) is 22.5 Å². The molecule has 48 heavy (non-hydrogen) atoms. The van der Waals surface area contributed by atoms with E-state index in [4.69, 9.17) is 0 Å². The van der Waals surface area contributed by atoms with Crippen LogP contribution in [-0.2, 0) is 0 Å². The molecule has 7 rings (SSSR count). The number of carbonyl (C=O) groups excluding carboxylic acids is 4. The van der Waals surface area contributed by atoms with Gasteiger partial charge in [0.15, 0.2) is 0 Å². The zero-order valence-corrected chi connectivity index (χ0v) is 26.7. The Morgan fingerprint density at radius 1 is 0.542 bits per heavy atom. The van der Waals surface area contributed by atoms with Gasteiger partial charge >= 0.3 is 0 Å². The Bertz CT molecular complexity index is 2150. The molecule has 10 heteroatoms. The molecule has 0 aromatic heterocycles. The van der Waals surface area contributed by atoms with Crippen molar-refractivity contribution in [3.05, 3.63) is 152 Å². The minimum absolute atomic E-state index is 0.322. The Labute approximate surface area is 276 Å². The second-order valence-electron chi connectivity index (χ2n) is 11.9. The standard InChI is InChI=1S/C38H30N6O4/c1-21-11-15-27(16-12-21)39-35(45)25-7-5-9-29(19-25)43-37(47)31-23(3)34-32(24(4)33(31)41-43)38(48)44(42-34)30-10-6-8-26(20-30)36(46)40-28-17-13-22(2)14-18-28/h5-20H,1-4H3,(H,39,45)(H,40,46). The molecule has 10 nitrogen and oxygen atoms in total. The van der Waals surface area contributed by atoms with Crippen LogP contribution >= 0.6 is 0 Å². The van der Waals surface area contributed by atoms with Crippen LogP contribution in [-0.4, -0.2) is 23.6 Å². The van der Waals surface area contributed by atoms with Crippen molar-refractivity contribution >= 4 is 46.4 Å². The van der Waals surface area contributed by atoms with E-state index >= 15 is 0 Å². The predicted octanol–water partition coefficient (Wildman–Crippen LogP) is 5.81. The van der Waals surface area contributed by atoms with Gasteiger partial charge in [0.25, 0.3) is 23.6 Å². The lowest BCUT2D eigenvalue weighted by atomic mass is 9.97. The molecule has 5 aromatic carbocycles. The number of benzene rings is 5. The van der Waals surface area contributed by atoms with Crippen molar-refractivity contribution in [1.82, 2.24) is 0 Å². The van der Waals surface area contributed by atoms with E-state index < -0.39 is 0 Å². The SMILES string of the molecule is Cc1ccc(NC(=O)c2cccc(N3N=c4c(C)c5c(c(C)c4C3=O)=NN(c3cccc(C(=O)Nc4ccc(C)cc4)c3)C5=O)c2)cc1. The molecular weight excluding hydrogens is 604 g/mol. The normalized spacial score (nSPS) is 13.1. The summed E-state index contributed by atoms with van der Waals surface area (Å²) in [7, 11) is 0. The van der Waals surface area contributed by atoms with Crippen LogP contribution in [0.1, 0.15) is 63.7 Å². The molecule has 0 radical (unpaired) electrons. The maximum Gasteiger partial charge on any atom is 0.281 e. The van der Waals surface area contributed by atoms with Gasteiger partial charge < -0.3 is 10.6 Å². The monoisotopic (exact) mass is 634 g/mol. The first-order chi connectivity index (χ1) is 23.1. The maximum atomic E-state index is 13.8. The van der Waals surface area contributed by atoms with Gasteiger partial charge in [0.1, 0.15) is 10.7 Å². The molecule has 0 fully saturated rings. The van der Waals surface area contributed by atoms with E-state index in [1.807, 2.05) is 62.4 Å². The number of nitrogens with one attached hydrogen (secondary N) is 2. The first-order valence-corrected chi connectivity index (χ1v) is 15.3. The number of aryl methyl sites for hydroxylation is 2. The molecule has 0 saturated heterocycles. The summed E-state index contributed by atoms with van der Waals surface area (Å²) >= 11 is 0. The smallest absolute Gasteiger partial charge is 0.281 e. The third kappa shape index (κ3) is 5.28.